The Morgan fingerprint density at radius 1 is 1.19 bits per heavy atom. The van der Waals surface area contributed by atoms with E-state index in [0.717, 1.165) is 18.5 Å². The van der Waals surface area contributed by atoms with Crippen LogP contribution in [0.1, 0.15) is 29.8 Å². The average Bonchev–Trinajstić information content (AvgIpc) is 3.18. The van der Waals surface area contributed by atoms with E-state index < -0.39 is 5.60 Å². The van der Waals surface area contributed by atoms with E-state index in [4.69, 9.17) is 4.74 Å². The molecule has 0 aliphatic carbocycles. The van der Waals surface area contributed by atoms with Gasteiger partial charge in [-0.3, -0.25) is 9.59 Å². The topological polar surface area (TPSA) is 62.7 Å². The number of carbonyl (C=O) groups is 2. The molecule has 0 bridgehead atoms. The molecule has 0 N–H and O–H groups in total. The molecule has 7 heteroatoms. The zero-order chi connectivity index (χ0) is 18.0. The van der Waals surface area contributed by atoms with Crippen LogP contribution in [0.4, 0.5) is 5.69 Å². The van der Waals surface area contributed by atoms with Crippen molar-refractivity contribution in [2.45, 2.75) is 24.9 Å². The highest BCUT2D eigenvalue weighted by molar-refractivity contribution is 7.07. The van der Waals surface area contributed by atoms with Crippen molar-refractivity contribution in [3.05, 3.63) is 46.9 Å². The molecule has 1 unspecified atom stereocenters. The second kappa shape index (κ2) is 7.17. The summed E-state index contributed by atoms with van der Waals surface area (Å²) in [6.45, 7) is 1.81. The number of anilines is 1. The molecule has 2 aliphatic rings. The fourth-order valence-corrected chi connectivity index (χ4v) is 4.23. The molecule has 2 aromatic rings. The van der Waals surface area contributed by atoms with Crippen LogP contribution in [0.15, 0.2) is 41.2 Å². The highest BCUT2D eigenvalue weighted by Crippen LogP contribution is 2.32. The quantitative estimate of drug-likeness (QED) is 0.814. The first kappa shape index (κ1) is 17.2. The smallest absolute Gasteiger partial charge is 0.273 e. The van der Waals surface area contributed by atoms with Gasteiger partial charge in [0.15, 0.2) is 5.60 Å². The van der Waals surface area contributed by atoms with Gasteiger partial charge in [0.2, 0.25) is 0 Å². The standard InChI is InChI=1S/C19H21N3O3S/c23-17(16-12-26-14-20-16)21-10-11-25-19(13-21)8-4-5-9-22(18(19)24)15-6-2-1-3-7-15/h1-3,6-7,12,14H,4-5,8-11,13H2. The molecule has 1 spiro atoms. The number of carbonyl (C=O) groups excluding carboxylic acids is 2. The molecule has 136 valence electrons. The molecule has 2 fully saturated rings. The Balaban J connectivity index is 1.61. The first-order valence-corrected chi connectivity index (χ1v) is 9.82. The van der Waals surface area contributed by atoms with Crippen molar-refractivity contribution in [1.82, 2.24) is 9.88 Å². The molecule has 2 aliphatic heterocycles. The summed E-state index contributed by atoms with van der Waals surface area (Å²) in [6.07, 6.45) is 2.45. The Kier molecular flexibility index (Phi) is 4.74. The Labute approximate surface area is 156 Å². The van der Waals surface area contributed by atoms with Gasteiger partial charge in [0.1, 0.15) is 5.69 Å². The maximum absolute atomic E-state index is 13.4. The van der Waals surface area contributed by atoms with Crippen LogP contribution in [0.5, 0.6) is 0 Å². The SMILES string of the molecule is O=C(c1cscn1)N1CCOC2(CCCCN(c3ccccc3)C2=O)C1. The van der Waals surface area contributed by atoms with Crippen LogP contribution in [0.25, 0.3) is 0 Å². The van der Waals surface area contributed by atoms with Crippen molar-refractivity contribution < 1.29 is 14.3 Å². The van der Waals surface area contributed by atoms with Crippen LogP contribution in [0.2, 0.25) is 0 Å². The van der Waals surface area contributed by atoms with Crippen LogP contribution in [-0.2, 0) is 9.53 Å². The third kappa shape index (κ3) is 3.12. The average molecular weight is 371 g/mol. The van der Waals surface area contributed by atoms with Crippen molar-refractivity contribution in [3.63, 3.8) is 0 Å². The molecule has 1 aromatic heterocycles. The molecule has 1 aromatic carbocycles. The summed E-state index contributed by atoms with van der Waals surface area (Å²) < 4.78 is 6.05. The van der Waals surface area contributed by atoms with Gasteiger partial charge >= 0.3 is 0 Å². The monoisotopic (exact) mass is 371 g/mol. The second-order valence-electron chi connectivity index (χ2n) is 6.69. The number of amides is 2. The number of para-hydroxylation sites is 1. The Bertz CT molecular complexity index is 781. The second-order valence-corrected chi connectivity index (χ2v) is 7.41. The van der Waals surface area contributed by atoms with Crippen LogP contribution in [0, 0.1) is 0 Å². The van der Waals surface area contributed by atoms with E-state index in [1.807, 2.05) is 35.2 Å². The van der Waals surface area contributed by atoms with Crippen molar-refractivity contribution in [2.24, 2.45) is 0 Å². The summed E-state index contributed by atoms with van der Waals surface area (Å²) in [7, 11) is 0. The lowest BCUT2D eigenvalue weighted by Gasteiger charge is -2.42. The van der Waals surface area contributed by atoms with E-state index in [0.29, 0.717) is 31.8 Å². The number of hydrogen-bond acceptors (Lipinski definition) is 5. The number of hydrogen-bond donors (Lipinski definition) is 0. The van der Waals surface area contributed by atoms with Crippen LogP contribution in [-0.4, -0.2) is 53.5 Å². The van der Waals surface area contributed by atoms with Crippen LogP contribution in [0.3, 0.4) is 0 Å². The normalized spacial score (nSPS) is 23.9. The number of rotatable bonds is 2. The molecule has 6 nitrogen and oxygen atoms in total. The molecule has 2 saturated heterocycles. The molecular formula is C19H21N3O3S. The molecular weight excluding hydrogens is 350 g/mol. The number of morpholine rings is 1. The van der Waals surface area contributed by atoms with Crippen molar-refractivity contribution >= 4 is 28.8 Å². The van der Waals surface area contributed by atoms with Crippen molar-refractivity contribution in [3.8, 4) is 0 Å². The summed E-state index contributed by atoms with van der Waals surface area (Å²) in [5.41, 5.74) is 2.01. The molecule has 0 saturated carbocycles. The van der Waals surface area contributed by atoms with Gasteiger partial charge in [0.25, 0.3) is 11.8 Å². The van der Waals surface area contributed by atoms with Gasteiger partial charge in [-0.15, -0.1) is 11.3 Å². The van der Waals surface area contributed by atoms with Gasteiger partial charge in [-0.2, -0.15) is 0 Å². The zero-order valence-corrected chi connectivity index (χ0v) is 15.3. The lowest BCUT2D eigenvalue weighted by atomic mass is 9.93. The third-order valence-electron chi connectivity index (χ3n) is 5.04. The first-order chi connectivity index (χ1) is 12.7. The van der Waals surface area contributed by atoms with Gasteiger partial charge in [0.05, 0.1) is 18.7 Å². The minimum absolute atomic E-state index is 0.0445. The van der Waals surface area contributed by atoms with Gasteiger partial charge < -0.3 is 14.5 Å². The van der Waals surface area contributed by atoms with E-state index >= 15 is 0 Å². The Hall–Kier alpha value is -2.25. The summed E-state index contributed by atoms with van der Waals surface area (Å²) in [5.74, 6) is -0.172. The largest absolute Gasteiger partial charge is 0.361 e. The van der Waals surface area contributed by atoms with Crippen molar-refractivity contribution in [2.75, 3.05) is 31.1 Å². The molecule has 2 amide bonds. The maximum Gasteiger partial charge on any atom is 0.273 e. The van der Waals surface area contributed by atoms with Gasteiger partial charge in [-0.25, -0.2) is 4.98 Å². The number of ether oxygens (including phenoxy) is 1. The molecule has 1 atom stereocenters. The molecule has 3 heterocycles. The van der Waals surface area contributed by atoms with E-state index in [1.165, 1.54) is 11.3 Å². The van der Waals surface area contributed by atoms with Crippen LogP contribution >= 0.6 is 11.3 Å². The number of aromatic nitrogens is 1. The van der Waals surface area contributed by atoms with Crippen LogP contribution < -0.4 is 4.90 Å². The Morgan fingerprint density at radius 2 is 2.04 bits per heavy atom. The number of benzene rings is 1. The lowest BCUT2D eigenvalue weighted by molar-refractivity contribution is -0.155. The minimum atomic E-state index is -0.962. The highest BCUT2D eigenvalue weighted by atomic mass is 32.1. The summed E-state index contributed by atoms with van der Waals surface area (Å²) in [5, 5.41) is 1.75. The fraction of sp³-hybridized carbons (Fsp3) is 0.421. The number of thiazole rings is 1. The van der Waals surface area contributed by atoms with Gasteiger partial charge in [-0.05, 0) is 31.4 Å². The first-order valence-electron chi connectivity index (χ1n) is 8.88. The van der Waals surface area contributed by atoms with E-state index in [1.54, 1.807) is 15.8 Å². The minimum Gasteiger partial charge on any atom is -0.361 e. The summed E-state index contributed by atoms with van der Waals surface area (Å²) in [4.78, 5) is 33.8. The van der Waals surface area contributed by atoms with E-state index in [9.17, 15) is 9.59 Å². The fourth-order valence-electron chi connectivity index (χ4n) is 3.71. The zero-order valence-electron chi connectivity index (χ0n) is 14.5. The van der Waals surface area contributed by atoms with Crippen molar-refractivity contribution in [1.29, 1.82) is 0 Å². The van der Waals surface area contributed by atoms with E-state index in [-0.39, 0.29) is 18.4 Å². The van der Waals surface area contributed by atoms with Gasteiger partial charge in [0, 0.05) is 24.2 Å². The molecule has 4 rings (SSSR count). The van der Waals surface area contributed by atoms with E-state index in [2.05, 4.69) is 4.98 Å². The molecule has 0 radical (unpaired) electrons. The lowest BCUT2D eigenvalue weighted by Crippen LogP contribution is -2.61. The molecule has 26 heavy (non-hydrogen) atoms. The third-order valence-corrected chi connectivity index (χ3v) is 5.63. The highest BCUT2D eigenvalue weighted by Gasteiger charge is 2.48. The number of nitrogens with zero attached hydrogens (tertiary/aromatic N) is 3. The predicted octanol–water partition coefficient (Wildman–Crippen LogP) is 2.57. The Morgan fingerprint density at radius 3 is 2.81 bits per heavy atom. The summed E-state index contributed by atoms with van der Waals surface area (Å²) >= 11 is 1.40. The maximum atomic E-state index is 13.4. The van der Waals surface area contributed by atoms with Gasteiger partial charge in [-0.1, -0.05) is 18.2 Å². The predicted molar refractivity (Wildman–Crippen MR) is 99.3 cm³/mol. The summed E-state index contributed by atoms with van der Waals surface area (Å²) in [6, 6.07) is 9.68.